The Labute approximate surface area is 109 Å². The fourth-order valence-corrected chi connectivity index (χ4v) is 1.65. The minimum Gasteiger partial charge on any atom is -0.352 e. The Morgan fingerprint density at radius 1 is 1.44 bits per heavy atom. The third-order valence-corrected chi connectivity index (χ3v) is 2.62. The number of anilines is 1. The van der Waals surface area contributed by atoms with Gasteiger partial charge in [0.1, 0.15) is 0 Å². The van der Waals surface area contributed by atoms with Crippen molar-refractivity contribution in [1.29, 1.82) is 0 Å². The van der Waals surface area contributed by atoms with Gasteiger partial charge in [0.2, 0.25) is 0 Å². The van der Waals surface area contributed by atoms with Crippen molar-refractivity contribution in [3.63, 3.8) is 0 Å². The number of alkyl halides is 2. The number of halogens is 3. The number of aryl methyl sites for hydroxylation is 1. The van der Waals surface area contributed by atoms with E-state index in [1.807, 2.05) is 0 Å². The lowest BCUT2D eigenvalue weighted by atomic mass is 10.0. The van der Waals surface area contributed by atoms with E-state index in [4.69, 9.17) is 0 Å². The van der Waals surface area contributed by atoms with Crippen molar-refractivity contribution in [3.8, 4) is 0 Å². The summed E-state index contributed by atoms with van der Waals surface area (Å²) < 4.78 is 38.5. The molecule has 0 amide bonds. The first kappa shape index (κ1) is 14.5. The maximum atomic E-state index is 13.3. The summed E-state index contributed by atoms with van der Waals surface area (Å²) >= 11 is 4.45. The van der Waals surface area contributed by atoms with Gasteiger partial charge in [0.25, 0.3) is 6.43 Å². The number of hydrogen-bond donors (Lipinski definition) is 1. The Bertz CT molecular complexity index is 531. The summed E-state index contributed by atoms with van der Waals surface area (Å²) in [6.45, 7) is 6.72. The molecule has 1 aromatic rings. The topological polar surface area (TPSA) is 12.0 Å². The van der Waals surface area contributed by atoms with Gasteiger partial charge in [-0.15, -0.1) is 5.73 Å². The van der Waals surface area contributed by atoms with E-state index in [9.17, 15) is 13.2 Å². The minimum absolute atomic E-state index is 0.0464. The maximum Gasteiger partial charge on any atom is 0.263 e. The predicted molar refractivity (Wildman–Crippen MR) is 70.9 cm³/mol. The van der Waals surface area contributed by atoms with Crippen LogP contribution in [0.2, 0.25) is 0 Å². The molecule has 1 nitrogen and oxygen atoms in total. The van der Waals surface area contributed by atoms with Crippen molar-refractivity contribution >= 4 is 23.0 Å². The molecular formula is C13H12F3NS. The Morgan fingerprint density at radius 3 is 2.50 bits per heavy atom. The van der Waals surface area contributed by atoms with Gasteiger partial charge in [-0.3, -0.25) is 0 Å². The second-order valence-corrected chi connectivity index (χ2v) is 4.12. The van der Waals surface area contributed by atoms with Crippen molar-refractivity contribution < 1.29 is 13.2 Å². The highest BCUT2D eigenvalue weighted by Crippen LogP contribution is 2.30. The van der Waals surface area contributed by atoms with Crippen LogP contribution in [-0.4, -0.2) is 5.12 Å². The molecule has 0 unspecified atom stereocenters. The summed E-state index contributed by atoms with van der Waals surface area (Å²) in [5.74, 6) is 0. The largest absolute Gasteiger partial charge is 0.352 e. The summed E-state index contributed by atoms with van der Waals surface area (Å²) in [5.41, 5.74) is 3.68. The lowest BCUT2D eigenvalue weighted by molar-refractivity contribution is 0.151. The minimum atomic E-state index is -2.66. The molecule has 0 aliphatic carbocycles. The third-order valence-electron chi connectivity index (χ3n) is 2.40. The first-order valence-corrected chi connectivity index (χ1v) is 5.53. The molecule has 96 valence electrons. The highest BCUT2D eigenvalue weighted by atomic mass is 32.1. The number of nitrogens with one attached hydrogen (secondary N) is 1. The van der Waals surface area contributed by atoms with Crippen LogP contribution in [0.15, 0.2) is 30.1 Å². The summed E-state index contributed by atoms with van der Waals surface area (Å²) in [6.07, 6.45) is -2.66. The SMILES string of the molecule is C=C=C(C)Nc1c(C)cc(C(F)F)cc1C(F)=S. The van der Waals surface area contributed by atoms with Gasteiger partial charge >= 0.3 is 0 Å². The van der Waals surface area contributed by atoms with E-state index in [2.05, 4.69) is 29.8 Å². The van der Waals surface area contributed by atoms with Crippen LogP contribution < -0.4 is 5.32 Å². The molecule has 0 fully saturated rings. The Morgan fingerprint density at radius 2 is 2.06 bits per heavy atom. The van der Waals surface area contributed by atoms with Crippen molar-refractivity contribution in [1.82, 2.24) is 0 Å². The number of allylic oxidation sites excluding steroid dienone is 1. The summed E-state index contributed by atoms with van der Waals surface area (Å²) in [5, 5.41) is 1.92. The predicted octanol–water partition coefficient (Wildman–Crippen LogP) is 4.68. The number of rotatable bonds is 4. The monoisotopic (exact) mass is 271 g/mol. The molecule has 5 heteroatoms. The lowest BCUT2D eigenvalue weighted by Gasteiger charge is -2.14. The molecule has 0 aliphatic heterocycles. The van der Waals surface area contributed by atoms with Crippen molar-refractivity contribution in [2.45, 2.75) is 20.3 Å². The number of thiocarbonyl (C=S) groups is 1. The van der Waals surface area contributed by atoms with Crippen LogP contribution in [0.4, 0.5) is 18.9 Å². The van der Waals surface area contributed by atoms with E-state index in [-0.39, 0.29) is 11.1 Å². The van der Waals surface area contributed by atoms with Crippen molar-refractivity contribution in [2.24, 2.45) is 0 Å². The van der Waals surface area contributed by atoms with E-state index in [1.54, 1.807) is 13.8 Å². The third kappa shape index (κ3) is 3.22. The van der Waals surface area contributed by atoms with Crippen LogP contribution in [0.5, 0.6) is 0 Å². The fraction of sp³-hybridized carbons (Fsp3) is 0.231. The average molecular weight is 271 g/mol. The summed E-state index contributed by atoms with van der Waals surface area (Å²) in [4.78, 5) is 0. The smallest absolute Gasteiger partial charge is 0.263 e. The van der Waals surface area contributed by atoms with E-state index in [0.29, 0.717) is 16.9 Å². The van der Waals surface area contributed by atoms with Crippen LogP contribution in [0, 0.1) is 6.92 Å². The van der Waals surface area contributed by atoms with Crippen molar-refractivity contribution in [3.05, 3.63) is 46.8 Å². The van der Waals surface area contributed by atoms with Gasteiger partial charge in [-0.25, -0.2) is 8.78 Å². The number of hydrogen-bond acceptors (Lipinski definition) is 2. The van der Waals surface area contributed by atoms with Crippen LogP contribution in [0.1, 0.15) is 30.0 Å². The van der Waals surface area contributed by atoms with E-state index >= 15 is 0 Å². The van der Waals surface area contributed by atoms with Gasteiger partial charge in [-0.05, 0) is 43.8 Å². The van der Waals surface area contributed by atoms with Crippen LogP contribution >= 0.6 is 12.2 Å². The normalized spacial score (nSPS) is 10.1. The molecule has 0 bridgehead atoms. The highest BCUT2D eigenvalue weighted by molar-refractivity contribution is 7.80. The highest BCUT2D eigenvalue weighted by Gasteiger charge is 2.16. The first-order chi connectivity index (χ1) is 8.36. The molecule has 0 atom stereocenters. The van der Waals surface area contributed by atoms with Crippen molar-refractivity contribution in [2.75, 3.05) is 5.32 Å². The zero-order chi connectivity index (χ0) is 13.9. The maximum absolute atomic E-state index is 13.3. The van der Waals surface area contributed by atoms with E-state index in [1.165, 1.54) is 6.07 Å². The zero-order valence-corrected chi connectivity index (χ0v) is 10.8. The molecule has 1 rings (SSSR count). The molecule has 0 saturated carbocycles. The van der Waals surface area contributed by atoms with Gasteiger partial charge in [0.15, 0.2) is 5.12 Å². The molecule has 0 heterocycles. The van der Waals surface area contributed by atoms with Gasteiger partial charge in [0, 0.05) is 11.1 Å². The molecular weight excluding hydrogens is 259 g/mol. The summed E-state index contributed by atoms with van der Waals surface area (Å²) in [7, 11) is 0. The molecule has 0 saturated heterocycles. The Hall–Kier alpha value is -1.58. The van der Waals surface area contributed by atoms with Gasteiger partial charge in [-0.2, -0.15) is 4.39 Å². The summed E-state index contributed by atoms with van der Waals surface area (Å²) in [6, 6.07) is 2.35. The molecule has 0 aromatic heterocycles. The standard InChI is InChI=1S/C13H12F3NS/c1-4-8(3)17-11-7(2)5-9(12(14)15)6-10(11)13(16)18/h5-6,12,17H,1H2,2-3H3. The molecule has 1 aromatic carbocycles. The molecule has 0 aliphatic rings. The number of benzene rings is 1. The van der Waals surface area contributed by atoms with Crippen LogP contribution in [0.3, 0.4) is 0 Å². The molecule has 1 N–H and O–H groups in total. The quantitative estimate of drug-likeness (QED) is 0.485. The van der Waals surface area contributed by atoms with E-state index < -0.39 is 11.5 Å². The van der Waals surface area contributed by atoms with E-state index in [0.717, 1.165) is 6.07 Å². The molecule has 0 spiro atoms. The second kappa shape index (κ2) is 5.85. The Kier molecular flexibility index (Phi) is 4.70. The van der Waals surface area contributed by atoms with Crippen LogP contribution in [0.25, 0.3) is 0 Å². The zero-order valence-electron chi connectivity index (χ0n) is 9.98. The van der Waals surface area contributed by atoms with Gasteiger partial charge in [0.05, 0.1) is 11.4 Å². The first-order valence-electron chi connectivity index (χ1n) is 5.13. The average Bonchev–Trinajstić information content (AvgIpc) is 2.30. The van der Waals surface area contributed by atoms with Gasteiger partial charge < -0.3 is 5.32 Å². The molecule has 0 radical (unpaired) electrons. The second-order valence-electron chi connectivity index (χ2n) is 3.76. The van der Waals surface area contributed by atoms with Crippen LogP contribution in [-0.2, 0) is 0 Å². The fourth-order valence-electron chi connectivity index (χ4n) is 1.49. The van der Waals surface area contributed by atoms with Gasteiger partial charge in [-0.1, -0.05) is 6.58 Å². The Balaban J connectivity index is 3.41. The molecule has 18 heavy (non-hydrogen) atoms. The lowest BCUT2D eigenvalue weighted by Crippen LogP contribution is -2.05.